The largest absolute Gasteiger partial charge is 0.462 e. The summed E-state index contributed by atoms with van der Waals surface area (Å²) in [6.07, 6.45) is 88.1. The van der Waals surface area contributed by atoms with E-state index in [0.29, 0.717) is 19.3 Å². The van der Waals surface area contributed by atoms with Crippen molar-refractivity contribution in [3.05, 3.63) is 60.8 Å². The van der Waals surface area contributed by atoms with Gasteiger partial charge < -0.3 is 14.2 Å². The van der Waals surface area contributed by atoms with Crippen LogP contribution >= 0.6 is 0 Å². The van der Waals surface area contributed by atoms with E-state index in [2.05, 4.69) is 81.5 Å². The van der Waals surface area contributed by atoms with Gasteiger partial charge in [-0.25, -0.2) is 0 Å². The van der Waals surface area contributed by atoms with Gasteiger partial charge in [0.05, 0.1) is 0 Å². The molecule has 466 valence electrons. The molecule has 0 aliphatic rings. The Hall–Kier alpha value is -2.89. The summed E-state index contributed by atoms with van der Waals surface area (Å²) in [5, 5.41) is 0. The summed E-state index contributed by atoms with van der Waals surface area (Å²) < 4.78 is 17.0. The molecule has 0 radical (unpaired) electrons. The number of allylic oxidation sites excluding steroid dienone is 10. The molecule has 0 aromatic carbocycles. The molecule has 0 N–H and O–H groups in total. The topological polar surface area (TPSA) is 78.9 Å². The highest BCUT2D eigenvalue weighted by molar-refractivity contribution is 5.71. The van der Waals surface area contributed by atoms with Crippen LogP contribution < -0.4 is 0 Å². The average molecular weight is 1120 g/mol. The van der Waals surface area contributed by atoms with Crippen molar-refractivity contribution in [2.24, 2.45) is 0 Å². The van der Waals surface area contributed by atoms with Crippen LogP contribution in [0.25, 0.3) is 0 Å². The summed E-state index contributed by atoms with van der Waals surface area (Å²) in [7, 11) is 0. The zero-order valence-electron chi connectivity index (χ0n) is 53.6. The Kier molecular flexibility index (Phi) is 66.1. The van der Waals surface area contributed by atoms with Gasteiger partial charge in [-0.1, -0.05) is 351 Å². The summed E-state index contributed by atoms with van der Waals surface area (Å²) in [6.45, 7) is 6.59. The molecule has 0 aromatic heterocycles. The first-order chi connectivity index (χ1) is 39.5. The molecule has 1 atom stereocenters. The van der Waals surface area contributed by atoms with Crippen LogP contribution in [-0.4, -0.2) is 37.2 Å². The lowest BCUT2D eigenvalue weighted by molar-refractivity contribution is -0.167. The molecule has 0 spiro atoms. The fourth-order valence-electron chi connectivity index (χ4n) is 10.5. The number of unbranched alkanes of at least 4 members (excludes halogenated alkanes) is 44. The zero-order chi connectivity index (χ0) is 57.8. The maximum atomic E-state index is 13.0. The summed E-state index contributed by atoms with van der Waals surface area (Å²) in [4.78, 5) is 38.5. The number of esters is 3. The number of carbonyl (C=O) groups is 3. The average Bonchev–Trinajstić information content (AvgIpc) is 3.46. The molecule has 6 nitrogen and oxygen atoms in total. The SMILES string of the molecule is CC/C=C\C/C=C\C/C=C\C/C=C\C/C=C\CCCCCCCC(=O)OC(COC(=O)CCCCCCCCCCCCCCCCCCCC)COC(=O)CCCCCCCCCCCCCCCCCCCCCCCCC. The van der Waals surface area contributed by atoms with Crippen molar-refractivity contribution < 1.29 is 28.6 Å². The van der Waals surface area contributed by atoms with Crippen molar-refractivity contribution in [2.75, 3.05) is 13.2 Å². The third kappa shape index (κ3) is 65.9. The van der Waals surface area contributed by atoms with E-state index in [-0.39, 0.29) is 31.1 Å². The number of hydrogen-bond acceptors (Lipinski definition) is 6. The van der Waals surface area contributed by atoms with E-state index in [1.54, 1.807) is 0 Å². The number of hydrogen-bond donors (Lipinski definition) is 0. The normalized spacial score (nSPS) is 12.4. The van der Waals surface area contributed by atoms with E-state index in [9.17, 15) is 14.4 Å². The van der Waals surface area contributed by atoms with Crippen LogP contribution in [-0.2, 0) is 28.6 Å². The van der Waals surface area contributed by atoms with Gasteiger partial charge in [0.25, 0.3) is 0 Å². The molecule has 0 aliphatic heterocycles. The second-order valence-electron chi connectivity index (χ2n) is 23.8. The predicted molar refractivity (Wildman–Crippen MR) is 348 cm³/mol. The Morgan fingerprint density at radius 2 is 0.487 bits per heavy atom. The highest BCUT2D eigenvalue weighted by Gasteiger charge is 2.19. The molecule has 0 rings (SSSR count). The van der Waals surface area contributed by atoms with Crippen molar-refractivity contribution in [3.8, 4) is 0 Å². The van der Waals surface area contributed by atoms with Gasteiger partial charge in [-0.2, -0.15) is 0 Å². The quantitative estimate of drug-likeness (QED) is 0.0261. The molecule has 0 aromatic rings. The summed E-state index contributed by atoms with van der Waals surface area (Å²) in [6, 6.07) is 0. The monoisotopic (exact) mass is 1120 g/mol. The molecule has 6 heteroatoms. The number of rotatable bonds is 65. The van der Waals surface area contributed by atoms with Gasteiger partial charge in [-0.05, 0) is 64.2 Å². The Morgan fingerprint density at radius 1 is 0.263 bits per heavy atom. The van der Waals surface area contributed by atoms with Crippen molar-refractivity contribution in [1.29, 1.82) is 0 Å². The number of carbonyl (C=O) groups excluding carboxylic acids is 3. The van der Waals surface area contributed by atoms with Gasteiger partial charge in [-0.15, -0.1) is 0 Å². The van der Waals surface area contributed by atoms with Gasteiger partial charge in [0.2, 0.25) is 0 Å². The Bertz CT molecular complexity index is 1430. The Balaban J connectivity index is 4.35. The minimum Gasteiger partial charge on any atom is -0.462 e. The van der Waals surface area contributed by atoms with Gasteiger partial charge in [0, 0.05) is 19.3 Å². The van der Waals surface area contributed by atoms with Crippen LogP contribution in [0.2, 0.25) is 0 Å². The molecule has 0 fully saturated rings. The zero-order valence-corrected chi connectivity index (χ0v) is 53.6. The highest BCUT2D eigenvalue weighted by Crippen LogP contribution is 2.18. The molecule has 0 bridgehead atoms. The maximum absolute atomic E-state index is 13.0. The van der Waals surface area contributed by atoms with Crippen LogP contribution in [0.3, 0.4) is 0 Å². The van der Waals surface area contributed by atoms with Crippen LogP contribution in [0, 0.1) is 0 Å². The van der Waals surface area contributed by atoms with E-state index in [0.717, 1.165) is 109 Å². The molecule has 80 heavy (non-hydrogen) atoms. The van der Waals surface area contributed by atoms with Gasteiger partial charge in [0.15, 0.2) is 6.10 Å². The molecule has 1 unspecified atom stereocenters. The van der Waals surface area contributed by atoms with Crippen molar-refractivity contribution >= 4 is 17.9 Å². The lowest BCUT2D eigenvalue weighted by Gasteiger charge is -2.18. The van der Waals surface area contributed by atoms with Crippen LogP contribution in [0.15, 0.2) is 60.8 Å². The van der Waals surface area contributed by atoms with E-state index in [1.807, 2.05) is 0 Å². The molecule has 0 saturated heterocycles. The first-order valence-corrected chi connectivity index (χ1v) is 35.3. The minimum absolute atomic E-state index is 0.0772. The maximum Gasteiger partial charge on any atom is 0.306 e. The van der Waals surface area contributed by atoms with Gasteiger partial charge in [-0.3, -0.25) is 14.4 Å². The minimum atomic E-state index is -0.784. The van der Waals surface area contributed by atoms with E-state index >= 15 is 0 Å². The standard InChI is InChI=1S/C74H134O6/c1-4-7-10-13-16-19-22-25-28-31-34-36-37-39-40-43-46-49-52-55-58-61-64-67-73(76)79-70-71(69-78-72(75)66-63-60-57-54-51-48-45-42-33-30-27-24-21-18-15-12-9-6-3)80-74(77)68-65-62-59-56-53-50-47-44-41-38-35-32-29-26-23-20-17-14-11-8-5-2/h8,11,17,20,26,29,35,38,44,47,71H,4-7,9-10,12-16,18-19,21-25,27-28,30-34,36-37,39-43,45-46,48-70H2,1-3H3/b11-8-,20-17-,29-26-,38-35-,47-44-. The van der Waals surface area contributed by atoms with Crippen LogP contribution in [0.1, 0.15) is 374 Å². The molecular weight excluding hydrogens is 985 g/mol. The van der Waals surface area contributed by atoms with Crippen molar-refractivity contribution in [2.45, 2.75) is 380 Å². The van der Waals surface area contributed by atoms with Crippen molar-refractivity contribution in [3.63, 3.8) is 0 Å². The van der Waals surface area contributed by atoms with Gasteiger partial charge in [0.1, 0.15) is 13.2 Å². The highest BCUT2D eigenvalue weighted by atomic mass is 16.6. The first-order valence-electron chi connectivity index (χ1n) is 35.3. The molecule has 0 heterocycles. The Labute approximate surface area is 498 Å². The third-order valence-electron chi connectivity index (χ3n) is 15.8. The van der Waals surface area contributed by atoms with E-state index in [1.165, 1.54) is 225 Å². The second kappa shape index (κ2) is 68.6. The lowest BCUT2D eigenvalue weighted by atomic mass is 10.0. The predicted octanol–water partition coefficient (Wildman–Crippen LogP) is 24.3. The molecule has 0 saturated carbocycles. The van der Waals surface area contributed by atoms with Crippen LogP contribution in [0.5, 0.6) is 0 Å². The van der Waals surface area contributed by atoms with Crippen molar-refractivity contribution in [1.82, 2.24) is 0 Å². The summed E-state index contributed by atoms with van der Waals surface area (Å²) in [5.41, 5.74) is 0. The fourth-order valence-corrected chi connectivity index (χ4v) is 10.5. The molecule has 0 amide bonds. The lowest BCUT2D eigenvalue weighted by Crippen LogP contribution is -2.30. The first kappa shape index (κ1) is 77.1. The molecular formula is C74H134O6. The smallest absolute Gasteiger partial charge is 0.306 e. The third-order valence-corrected chi connectivity index (χ3v) is 15.8. The Morgan fingerprint density at radius 3 is 0.762 bits per heavy atom. The summed E-state index contributed by atoms with van der Waals surface area (Å²) >= 11 is 0. The van der Waals surface area contributed by atoms with Gasteiger partial charge >= 0.3 is 17.9 Å². The van der Waals surface area contributed by atoms with E-state index < -0.39 is 6.10 Å². The van der Waals surface area contributed by atoms with E-state index in [4.69, 9.17) is 14.2 Å². The van der Waals surface area contributed by atoms with Crippen LogP contribution in [0.4, 0.5) is 0 Å². The molecule has 0 aliphatic carbocycles. The summed E-state index contributed by atoms with van der Waals surface area (Å²) in [5.74, 6) is -0.869. The number of ether oxygens (including phenoxy) is 3. The second-order valence-corrected chi connectivity index (χ2v) is 23.8. The fraction of sp³-hybridized carbons (Fsp3) is 0.824.